The van der Waals surface area contributed by atoms with Crippen LogP contribution >= 0.6 is 0 Å². The second kappa shape index (κ2) is 6.21. The van der Waals surface area contributed by atoms with Crippen molar-refractivity contribution in [2.75, 3.05) is 6.54 Å². The van der Waals surface area contributed by atoms with Crippen molar-refractivity contribution in [3.63, 3.8) is 0 Å². The van der Waals surface area contributed by atoms with Gasteiger partial charge in [-0.3, -0.25) is 4.79 Å². The molecule has 1 aromatic carbocycles. The van der Waals surface area contributed by atoms with E-state index in [0.29, 0.717) is 0 Å². The molecule has 0 aliphatic carbocycles. The third-order valence-electron chi connectivity index (χ3n) is 2.98. The highest BCUT2D eigenvalue weighted by atomic mass is 16.4. The van der Waals surface area contributed by atoms with Crippen molar-refractivity contribution < 1.29 is 9.90 Å². The average molecular weight is 246 g/mol. The number of H-pyrrole nitrogens is 1. The molecule has 4 heteroatoms. The van der Waals surface area contributed by atoms with E-state index < -0.39 is 5.97 Å². The SMILES string of the molecule is O=C(O)CCCCNCc1c[nH]c2ccccc12. The molecule has 0 spiro atoms. The number of para-hydroxylation sites is 1. The predicted octanol–water partition coefficient (Wildman–Crippen LogP) is 2.51. The zero-order valence-corrected chi connectivity index (χ0v) is 10.3. The molecule has 0 unspecified atom stereocenters. The lowest BCUT2D eigenvalue weighted by atomic mass is 10.2. The Hall–Kier alpha value is -1.81. The number of nitrogens with one attached hydrogen (secondary N) is 2. The molecule has 3 N–H and O–H groups in total. The third-order valence-corrected chi connectivity index (χ3v) is 2.98. The van der Waals surface area contributed by atoms with Crippen LogP contribution in [-0.4, -0.2) is 22.6 Å². The van der Waals surface area contributed by atoms with E-state index in [4.69, 9.17) is 5.11 Å². The summed E-state index contributed by atoms with van der Waals surface area (Å²) in [7, 11) is 0. The molecule has 0 fully saturated rings. The van der Waals surface area contributed by atoms with E-state index in [1.807, 2.05) is 18.3 Å². The van der Waals surface area contributed by atoms with Crippen molar-refractivity contribution in [1.82, 2.24) is 10.3 Å². The zero-order valence-electron chi connectivity index (χ0n) is 10.3. The van der Waals surface area contributed by atoms with Gasteiger partial charge in [-0.15, -0.1) is 0 Å². The molecule has 0 radical (unpaired) electrons. The fraction of sp³-hybridized carbons (Fsp3) is 0.357. The Kier molecular flexibility index (Phi) is 4.36. The molecule has 1 aromatic heterocycles. The third kappa shape index (κ3) is 3.34. The minimum absolute atomic E-state index is 0.259. The summed E-state index contributed by atoms with van der Waals surface area (Å²) in [5.41, 5.74) is 2.41. The summed E-state index contributed by atoms with van der Waals surface area (Å²) in [5.74, 6) is -0.716. The number of aromatic nitrogens is 1. The van der Waals surface area contributed by atoms with Crippen LogP contribution in [0.15, 0.2) is 30.5 Å². The number of aromatic amines is 1. The molecule has 0 atom stereocenters. The van der Waals surface area contributed by atoms with E-state index >= 15 is 0 Å². The van der Waals surface area contributed by atoms with Gasteiger partial charge >= 0.3 is 5.97 Å². The molecule has 4 nitrogen and oxygen atoms in total. The number of carboxylic acid groups (broad SMARTS) is 1. The van der Waals surface area contributed by atoms with Crippen molar-refractivity contribution in [2.24, 2.45) is 0 Å². The van der Waals surface area contributed by atoms with Gasteiger partial charge in [-0.1, -0.05) is 18.2 Å². The number of benzene rings is 1. The second-order valence-electron chi connectivity index (χ2n) is 4.39. The number of rotatable bonds is 7. The summed E-state index contributed by atoms with van der Waals surface area (Å²) >= 11 is 0. The molecule has 0 amide bonds. The van der Waals surface area contributed by atoms with Crippen LogP contribution in [-0.2, 0) is 11.3 Å². The first-order valence-electron chi connectivity index (χ1n) is 6.25. The minimum atomic E-state index is -0.716. The Bertz CT molecular complexity index is 519. The predicted molar refractivity (Wildman–Crippen MR) is 71.5 cm³/mol. The number of unbranched alkanes of at least 4 members (excludes halogenated alkanes) is 1. The van der Waals surface area contributed by atoms with Crippen LogP contribution in [0.3, 0.4) is 0 Å². The van der Waals surface area contributed by atoms with Crippen LogP contribution in [0.5, 0.6) is 0 Å². The van der Waals surface area contributed by atoms with Gasteiger partial charge in [0, 0.05) is 30.1 Å². The standard InChI is InChI=1S/C14H18N2O2/c17-14(18)7-3-4-8-15-9-11-10-16-13-6-2-1-5-12(11)13/h1-2,5-6,10,15-16H,3-4,7-9H2,(H,17,18). The molecule has 96 valence electrons. The molecule has 0 bridgehead atoms. The molecular weight excluding hydrogens is 228 g/mol. The lowest BCUT2D eigenvalue weighted by Gasteiger charge is -2.03. The molecule has 0 aliphatic rings. The van der Waals surface area contributed by atoms with Gasteiger partial charge < -0.3 is 15.4 Å². The summed E-state index contributed by atoms with van der Waals surface area (Å²) < 4.78 is 0. The first kappa shape index (κ1) is 12.6. The Morgan fingerprint density at radius 3 is 2.94 bits per heavy atom. The van der Waals surface area contributed by atoms with Crippen LogP contribution in [0, 0.1) is 0 Å². The molecular formula is C14H18N2O2. The van der Waals surface area contributed by atoms with E-state index in [-0.39, 0.29) is 6.42 Å². The van der Waals surface area contributed by atoms with Gasteiger partial charge in [0.05, 0.1) is 0 Å². The van der Waals surface area contributed by atoms with Gasteiger partial charge in [-0.05, 0) is 31.0 Å². The van der Waals surface area contributed by atoms with Crippen molar-refractivity contribution in [3.05, 3.63) is 36.0 Å². The lowest BCUT2D eigenvalue weighted by Crippen LogP contribution is -2.14. The molecule has 2 aromatic rings. The molecule has 1 heterocycles. The molecule has 0 saturated heterocycles. The second-order valence-corrected chi connectivity index (χ2v) is 4.39. The summed E-state index contributed by atoms with van der Waals surface area (Å²) in [6.07, 6.45) is 3.91. The number of hydrogen-bond donors (Lipinski definition) is 3. The fourth-order valence-electron chi connectivity index (χ4n) is 2.03. The quantitative estimate of drug-likeness (QED) is 0.658. The molecule has 2 rings (SSSR count). The number of fused-ring (bicyclic) bond motifs is 1. The summed E-state index contributed by atoms with van der Waals surface area (Å²) in [6, 6.07) is 8.22. The maximum atomic E-state index is 10.3. The first-order valence-corrected chi connectivity index (χ1v) is 6.25. The van der Waals surface area contributed by atoms with Gasteiger partial charge in [0.25, 0.3) is 0 Å². The average Bonchev–Trinajstić information content (AvgIpc) is 2.77. The summed E-state index contributed by atoms with van der Waals surface area (Å²) in [5, 5.41) is 13.1. The van der Waals surface area contributed by atoms with Crippen molar-refractivity contribution in [3.8, 4) is 0 Å². The van der Waals surface area contributed by atoms with Gasteiger partial charge in [0.15, 0.2) is 0 Å². The Labute approximate surface area is 106 Å². The molecule has 0 aliphatic heterocycles. The van der Waals surface area contributed by atoms with E-state index in [1.165, 1.54) is 10.9 Å². The first-order chi connectivity index (χ1) is 8.77. The highest BCUT2D eigenvalue weighted by molar-refractivity contribution is 5.82. The fourth-order valence-corrected chi connectivity index (χ4v) is 2.03. The van der Waals surface area contributed by atoms with Gasteiger partial charge in [0.1, 0.15) is 0 Å². The number of carbonyl (C=O) groups is 1. The largest absolute Gasteiger partial charge is 0.481 e. The van der Waals surface area contributed by atoms with Crippen LogP contribution in [0.25, 0.3) is 10.9 Å². The van der Waals surface area contributed by atoms with Crippen LogP contribution < -0.4 is 5.32 Å². The van der Waals surface area contributed by atoms with Gasteiger partial charge in [0.2, 0.25) is 0 Å². The maximum absolute atomic E-state index is 10.3. The molecule has 0 saturated carbocycles. The van der Waals surface area contributed by atoms with Crippen molar-refractivity contribution in [1.29, 1.82) is 0 Å². The smallest absolute Gasteiger partial charge is 0.303 e. The van der Waals surface area contributed by atoms with E-state index in [1.54, 1.807) is 0 Å². The lowest BCUT2D eigenvalue weighted by molar-refractivity contribution is -0.137. The van der Waals surface area contributed by atoms with Crippen molar-refractivity contribution >= 4 is 16.9 Å². The molecule has 18 heavy (non-hydrogen) atoms. The topological polar surface area (TPSA) is 65.1 Å². The van der Waals surface area contributed by atoms with Crippen LogP contribution in [0.2, 0.25) is 0 Å². The Balaban J connectivity index is 1.75. The van der Waals surface area contributed by atoms with Crippen LogP contribution in [0.1, 0.15) is 24.8 Å². The summed E-state index contributed by atoms with van der Waals surface area (Å²) in [4.78, 5) is 13.6. The Morgan fingerprint density at radius 2 is 2.11 bits per heavy atom. The summed E-state index contributed by atoms with van der Waals surface area (Å²) in [6.45, 7) is 1.67. The Morgan fingerprint density at radius 1 is 1.28 bits per heavy atom. The minimum Gasteiger partial charge on any atom is -0.481 e. The number of hydrogen-bond acceptors (Lipinski definition) is 2. The monoisotopic (exact) mass is 246 g/mol. The maximum Gasteiger partial charge on any atom is 0.303 e. The number of carboxylic acids is 1. The van der Waals surface area contributed by atoms with E-state index in [9.17, 15) is 4.79 Å². The van der Waals surface area contributed by atoms with E-state index in [0.717, 1.165) is 31.4 Å². The normalized spacial score (nSPS) is 10.9. The van der Waals surface area contributed by atoms with Crippen LogP contribution in [0.4, 0.5) is 0 Å². The van der Waals surface area contributed by atoms with Gasteiger partial charge in [-0.25, -0.2) is 0 Å². The highest BCUT2D eigenvalue weighted by Gasteiger charge is 2.02. The van der Waals surface area contributed by atoms with Gasteiger partial charge in [-0.2, -0.15) is 0 Å². The highest BCUT2D eigenvalue weighted by Crippen LogP contribution is 2.17. The van der Waals surface area contributed by atoms with Crippen molar-refractivity contribution in [2.45, 2.75) is 25.8 Å². The number of aliphatic carboxylic acids is 1. The zero-order chi connectivity index (χ0) is 12.8. The van der Waals surface area contributed by atoms with E-state index in [2.05, 4.69) is 22.4 Å².